The van der Waals surface area contributed by atoms with Gasteiger partial charge in [-0.05, 0) is 36.4 Å². The van der Waals surface area contributed by atoms with Gasteiger partial charge in [0.05, 0.1) is 18.3 Å². The number of nitrogens with two attached hydrogens (primary N) is 1. The van der Waals surface area contributed by atoms with Crippen molar-refractivity contribution < 1.29 is 4.74 Å². The molecule has 122 valence electrons. The minimum atomic E-state index is 0. The number of halogens is 2. The molecule has 0 aliphatic rings. The van der Waals surface area contributed by atoms with Gasteiger partial charge in [0.2, 0.25) is 0 Å². The maximum atomic E-state index is 5.74. The molecule has 3 nitrogen and oxygen atoms in total. The van der Waals surface area contributed by atoms with Crippen molar-refractivity contribution in [2.45, 2.75) is 6.42 Å². The number of hydrogen-bond acceptors (Lipinski definition) is 3. The Morgan fingerprint density at radius 1 is 1.00 bits per heavy atom. The predicted molar refractivity (Wildman–Crippen MR) is 101 cm³/mol. The first-order valence-electron chi connectivity index (χ1n) is 7.05. The molecule has 1 aromatic heterocycles. The van der Waals surface area contributed by atoms with E-state index in [4.69, 9.17) is 15.5 Å². The monoisotopic (exact) mass is 350 g/mol. The van der Waals surface area contributed by atoms with Crippen molar-refractivity contribution in [2.24, 2.45) is 5.73 Å². The van der Waals surface area contributed by atoms with Gasteiger partial charge in [0.15, 0.2) is 0 Å². The molecule has 0 amide bonds. The summed E-state index contributed by atoms with van der Waals surface area (Å²) in [6.45, 7) is 0.592. The Bertz CT molecular complexity index is 761. The largest absolute Gasteiger partial charge is 0.497 e. The van der Waals surface area contributed by atoms with E-state index >= 15 is 0 Å². The Kier molecular flexibility index (Phi) is 7.30. The number of pyridine rings is 1. The number of rotatable bonds is 4. The normalized spacial score (nSPS) is 9.83. The van der Waals surface area contributed by atoms with Crippen LogP contribution >= 0.6 is 24.8 Å². The Balaban J connectivity index is 0.00000132. The molecule has 0 spiro atoms. The molecule has 2 N–H and O–H groups in total. The summed E-state index contributed by atoms with van der Waals surface area (Å²) in [4.78, 5) is 4.77. The summed E-state index contributed by atoms with van der Waals surface area (Å²) >= 11 is 0. The van der Waals surface area contributed by atoms with Gasteiger partial charge in [0, 0.05) is 17.4 Å². The number of para-hydroxylation sites is 1. The van der Waals surface area contributed by atoms with Crippen LogP contribution in [-0.4, -0.2) is 18.6 Å². The fourth-order valence-electron chi connectivity index (χ4n) is 2.50. The van der Waals surface area contributed by atoms with E-state index in [1.807, 2.05) is 30.3 Å². The van der Waals surface area contributed by atoms with Crippen LogP contribution in [-0.2, 0) is 6.42 Å². The van der Waals surface area contributed by atoms with Crippen LogP contribution in [0.1, 0.15) is 5.69 Å². The van der Waals surface area contributed by atoms with Crippen LogP contribution in [0.3, 0.4) is 0 Å². The van der Waals surface area contributed by atoms with Crippen LogP contribution in [0.15, 0.2) is 54.6 Å². The van der Waals surface area contributed by atoms with Crippen molar-refractivity contribution in [1.82, 2.24) is 4.98 Å². The smallest absolute Gasteiger partial charge is 0.118 e. The number of nitrogens with zero attached hydrogens (tertiary/aromatic N) is 1. The first-order valence-corrected chi connectivity index (χ1v) is 7.05. The number of methoxy groups -OCH3 is 1. The molecule has 0 saturated carbocycles. The van der Waals surface area contributed by atoms with Crippen LogP contribution in [0.25, 0.3) is 22.0 Å². The zero-order valence-corrected chi connectivity index (χ0v) is 14.5. The summed E-state index contributed by atoms with van der Waals surface area (Å²) in [5.41, 5.74) is 10.1. The lowest BCUT2D eigenvalue weighted by atomic mass is 10.00. The average molecular weight is 351 g/mol. The maximum absolute atomic E-state index is 5.74. The van der Waals surface area contributed by atoms with Crippen molar-refractivity contribution >= 4 is 35.7 Å². The molecule has 0 atom stereocenters. The summed E-state index contributed by atoms with van der Waals surface area (Å²) in [7, 11) is 1.67. The molecular weight excluding hydrogens is 331 g/mol. The van der Waals surface area contributed by atoms with E-state index in [1.54, 1.807) is 7.11 Å². The lowest BCUT2D eigenvalue weighted by molar-refractivity contribution is 0.415. The second kappa shape index (κ2) is 8.73. The first kappa shape index (κ1) is 19.2. The minimum absolute atomic E-state index is 0. The van der Waals surface area contributed by atoms with E-state index in [0.29, 0.717) is 6.54 Å². The summed E-state index contributed by atoms with van der Waals surface area (Å²) in [6.07, 6.45) is 0.770. The Morgan fingerprint density at radius 2 is 1.70 bits per heavy atom. The molecule has 23 heavy (non-hydrogen) atoms. The number of benzene rings is 2. The minimum Gasteiger partial charge on any atom is -0.497 e. The SMILES string of the molecule is COc1ccc(-c2cc3ccccc3nc2CCN)cc1.Cl.Cl. The van der Waals surface area contributed by atoms with Gasteiger partial charge in [-0.2, -0.15) is 0 Å². The van der Waals surface area contributed by atoms with Crippen LogP contribution in [0.5, 0.6) is 5.75 Å². The highest BCUT2D eigenvalue weighted by Crippen LogP contribution is 2.28. The van der Waals surface area contributed by atoms with Crippen LogP contribution < -0.4 is 10.5 Å². The molecule has 0 unspecified atom stereocenters. The second-order valence-corrected chi connectivity index (χ2v) is 4.94. The highest BCUT2D eigenvalue weighted by Gasteiger charge is 2.08. The third kappa shape index (κ3) is 4.14. The lowest BCUT2D eigenvalue weighted by Crippen LogP contribution is -2.06. The summed E-state index contributed by atoms with van der Waals surface area (Å²) in [5, 5.41) is 1.14. The number of aromatic nitrogens is 1. The maximum Gasteiger partial charge on any atom is 0.118 e. The highest BCUT2D eigenvalue weighted by atomic mass is 35.5. The van der Waals surface area contributed by atoms with Gasteiger partial charge in [-0.1, -0.05) is 30.3 Å². The van der Waals surface area contributed by atoms with E-state index in [2.05, 4.69) is 24.3 Å². The van der Waals surface area contributed by atoms with Crippen molar-refractivity contribution in [1.29, 1.82) is 0 Å². The summed E-state index contributed by atoms with van der Waals surface area (Å²) in [6, 6.07) is 18.4. The third-order valence-corrected chi connectivity index (χ3v) is 3.59. The molecule has 0 aliphatic carbocycles. The van der Waals surface area contributed by atoms with Crippen molar-refractivity contribution in [3.05, 3.63) is 60.3 Å². The van der Waals surface area contributed by atoms with Gasteiger partial charge < -0.3 is 10.5 Å². The Labute approximate surface area is 148 Å². The summed E-state index contributed by atoms with van der Waals surface area (Å²) < 4.78 is 5.22. The predicted octanol–water partition coefficient (Wildman–Crippen LogP) is 4.26. The van der Waals surface area contributed by atoms with Gasteiger partial charge >= 0.3 is 0 Å². The number of hydrogen-bond donors (Lipinski definition) is 1. The molecule has 0 radical (unpaired) electrons. The standard InChI is InChI=1S/C18H18N2O.2ClH/c1-21-15-8-6-13(7-9-15)16-12-14-4-2-3-5-17(14)20-18(16)10-11-19;;/h2-9,12H,10-11,19H2,1H3;2*1H. The molecule has 0 saturated heterocycles. The quantitative estimate of drug-likeness (QED) is 0.764. The average Bonchev–Trinajstić information content (AvgIpc) is 2.55. The van der Waals surface area contributed by atoms with Gasteiger partial charge in [-0.3, -0.25) is 4.98 Å². The first-order chi connectivity index (χ1) is 10.3. The van der Waals surface area contributed by atoms with Crippen LogP contribution in [0, 0.1) is 0 Å². The van der Waals surface area contributed by atoms with E-state index in [1.165, 1.54) is 0 Å². The third-order valence-electron chi connectivity index (χ3n) is 3.59. The van der Waals surface area contributed by atoms with Crippen molar-refractivity contribution in [2.75, 3.05) is 13.7 Å². The molecular formula is C18H20Cl2N2O. The fourth-order valence-corrected chi connectivity index (χ4v) is 2.50. The van der Waals surface area contributed by atoms with Gasteiger partial charge in [0.25, 0.3) is 0 Å². The molecule has 0 bridgehead atoms. The van der Waals surface area contributed by atoms with Gasteiger partial charge in [0.1, 0.15) is 5.75 Å². The molecule has 5 heteroatoms. The zero-order chi connectivity index (χ0) is 14.7. The van der Waals surface area contributed by atoms with Crippen molar-refractivity contribution in [3.63, 3.8) is 0 Å². The molecule has 2 aromatic carbocycles. The Morgan fingerprint density at radius 3 is 2.35 bits per heavy atom. The van der Waals surface area contributed by atoms with E-state index in [0.717, 1.165) is 39.9 Å². The van der Waals surface area contributed by atoms with E-state index in [-0.39, 0.29) is 24.8 Å². The summed E-state index contributed by atoms with van der Waals surface area (Å²) in [5.74, 6) is 0.855. The number of fused-ring (bicyclic) bond motifs is 1. The number of ether oxygens (including phenoxy) is 1. The van der Waals surface area contributed by atoms with E-state index < -0.39 is 0 Å². The topological polar surface area (TPSA) is 48.1 Å². The van der Waals surface area contributed by atoms with Crippen LogP contribution in [0.2, 0.25) is 0 Å². The molecule has 0 fully saturated rings. The highest BCUT2D eigenvalue weighted by molar-refractivity contribution is 5.86. The lowest BCUT2D eigenvalue weighted by Gasteiger charge is -2.11. The molecule has 3 aromatic rings. The second-order valence-electron chi connectivity index (χ2n) is 4.94. The van der Waals surface area contributed by atoms with Gasteiger partial charge in [-0.15, -0.1) is 24.8 Å². The van der Waals surface area contributed by atoms with E-state index in [9.17, 15) is 0 Å². The fraction of sp³-hybridized carbons (Fsp3) is 0.167. The van der Waals surface area contributed by atoms with Crippen molar-refractivity contribution in [3.8, 4) is 16.9 Å². The zero-order valence-electron chi connectivity index (χ0n) is 12.9. The molecule has 3 rings (SSSR count). The van der Waals surface area contributed by atoms with Gasteiger partial charge in [-0.25, -0.2) is 0 Å². The van der Waals surface area contributed by atoms with Crippen LogP contribution in [0.4, 0.5) is 0 Å². The molecule has 1 heterocycles. The Hall–Kier alpha value is -1.81. The molecule has 0 aliphatic heterocycles.